The highest BCUT2D eigenvalue weighted by molar-refractivity contribution is 5.09. The van der Waals surface area contributed by atoms with Crippen molar-refractivity contribution >= 4 is 0 Å². The van der Waals surface area contributed by atoms with Crippen LogP contribution >= 0.6 is 0 Å². The molecule has 0 heteroatoms. The fraction of sp³-hybridized carbons (Fsp3) is 1.00. The van der Waals surface area contributed by atoms with Crippen LogP contribution in [0.15, 0.2) is 0 Å². The zero-order valence-electron chi connectivity index (χ0n) is 20.2. The highest BCUT2D eigenvalue weighted by Gasteiger charge is 2.61. The summed E-state index contributed by atoms with van der Waals surface area (Å²) in [4.78, 5) is 0. The van der Waals surface area contributed by atoms with Crippen LogP contribution in [-0.2, 0) is 0 Å². The van der Waals surface area contributed by atoms with Crippen molar-refractivity contribution in [1.29, 1.82) is 0 Å². The Kier molecular flexibility index (Phi) is 8.34. The van der Waals surface area contributed by atoms with E-state index >= 15 is 0 Å². The Balaban J connectivity index is 2.04. The van der Waals surface area contributed by atoms with Crippen molar-refractivity contribution in [2.45, 2.75) is 126 Å². The summed E-state index contributed by atoms with van der Waals surface area (Å²) in [5, 5.41) is 0. The van der Waals surface area contributed by atoms with Crippen molar-refractivity contribution in [1.82, 2.24) is 0 Å². The molecule has 0 nitrogen and oxygen atoms in total. The minimum atomic E-state index is 0.520. The summed E-state index contributed by atoms with van der Waals surface area (Å²) in [5.74, 6) is 5.78. The van der Waals surface area contributed by atoms with E-state index in [0.717, 1.165) is 35.5 Å². The van der Waals surface area contributed by atoms with Gasteiger partial charge in [-0.05, 0) is 65.6 Å². The molecule has 0 bridgehead atoms. The Hall–Kier alpha value is 0. The van der Waals surface area contributed by atoms with Crippen LogP contribution in [0.25, 0.3) is 0 Å². The molecule has 2 rings (SSSR count). The van der Waals surface area contributed by atoms with Gasteiger partial charge in [-0.2, -0.15) is 0 Å². The van der Waals surface area contributed by atoms with Crippen molar-refractivity contribution in [3.05, 3.63) is 0 Å². The monoisotopic (exact) mass is 376 g/mol. The minimum Gasteiger partial charge on any atom is -0.0651 e. The molecule has 0 aliphatic heterocycles. The zero-order valence-corrected chi connectivity index (χ0v) is 20.2. The normalized spacial score (nSPS) is 35.9. The molecule has 2 saturated carbocycles. The fourth-order valence-corrected chi connectivity index (χ4v) is 7.58. The first-order valence-electron chi connectivity index (χ1n) is 12.7. The van der Waals surface area contributed by atoms with Crippen LogP contribution in [-0.4, -0.2) is 0 Å². The van der Waals surface area contributed by atoms with Gasteiger partial charge in [-0.1, -0.05) is 107 Å². The van der Waals surface area contributed by atoms with Gasteiger partial charge in [-0.3, -0.25) is 0 Å². The summed E-state index contributed by atoms with van der Waals surface area (Å²) in [6.07, 6.45) is 15.9. The van der Waals surface area contributed by atoms with Crippen LogP contribution in [0, 0.1) is 46.3 Å². The molecule has 2 fully saturated rings. The molecule has 0 amide bonds. The van der Waals surface area contributed by atoms with Gasteiger partial charge in [-0.15, -0.1) is 0 Å². The van der Waals surface area contributed by atoms with Crippen molar-refractivity contribution < 1.29 is 0 Å². The number of hydrogen-bond donors (Lipinski definition) is 0. The van der Waals surface area contributed by atoms with E-state index in [-0.39, 0.29) is 0 Å². The second kappa shape index (κ2) is 9.67. The van der Waals surface area contributed by atoms with Gasteiger partial charge in [0.25, 0.3) is 0 Å². The smallest absolute Gasteiger partial charge is 0.0263 e. The van der Waals surface area contributed by atoms with Gasteiger partial charge in [0.15, 0.2) is 0 Å². The molecule has 0 aromatic carbocycles. The van der Waals surface area contributed by atoms with E-state index in [4.69, 9.17) is 0 Å². The first-order valence-corrected chi connectivity index (χ1v) is 12.7. The van der Waals surface area contributed by atoms with Crippen LogP contribution in [0.4, 0.5) is 0 Å². The van der Waals surface area contributed by atoms with E-state index in [1.54, 1.807) is 0 Å². The Bertz CT molecular complexity index is 431. The average molecular weight is 377 g/mol. The molecule has 6 atom stereocenters. The van der Waals surface area contributed by atoms with Crippen molar-refractivity contribution in [2.24, 2.45) is 46.3 Å². The average Bonchev–Trinajstić information content (AvgIpc) is 3.28. The molecule has 0 spiro atoms. The van der Waals surface area contributed by atoms with Crippen molar-refractivity contribution in [2.75, 3.05) is 0 Å². The fourth-order valence-electron chi connectivity index (χ4n) is 7.58. The first-order chi connectivity index (χ1) is 12.7. The maximum Gasteiger partial charge on any atom is -0.0263 e. The summed E-state index contributed by atoms with van der Waals surface area (Å²) in [6.45, 7) is 20.2. The molecule has 6 unspecified atom stereocenters. The third kappa shape index (κ3) is 5.14. The van der Waals surface area contributed by atoms with Gasteiger partial charge in [0.2, 0.25) is 0 Å². The highest BCUT2D eigenvalue weighted by atomic mass is 14.7. The summed E-state index contributed by atoms with van der Waals surface area (Å²) >= 11 is 0. The number of rotatable bonds is 10. The van der Waals surface area contributed by atoms with E-state index in [1.165, 1.54) is 70.6 Å². The predicted molar refractivity (Wildman–Crippen MR) is 122 cm³/mol. The maximum atomic E-state index is 2.62. The second-order valence-electron chi connectivity index (χ2n) is 11.5. The Morgan fingerprint density at radius 3 is 2.11 bits per heavy atom. The van der Waals surface area contributed by atoms with Crippen molar-refractivity contribution in [3.63, 3.8) is 0 Å². The molecule has 0 radical (unpaired) electrons. The summed E-state index contributed by atoms with van der Waals surface area (Å²) < 4.78 is 0. The molecule has 27 heavy (non-hydrogen) atoms. The van der Waals surface area contributed by atoms with E-state index in [2.05, 4.69) is 55.4 Å². The molecule has 0 N–H and O–H groups in total. The van der Waals surface area contributed by atoms with Crippen LogP contribution in [0.3, 0.4) is 0 Å². The van der Waals surface area contributed by atoms with Gasteiger partial charge in [0.1, 0.15) is 0 Å². The second-order valence-corrected chi connectivity index (χ2v) is 11.5. The molecule has 0 aromatic rings. The van der Waals surface area contributed by atoms with Gasteiger partial charge in [-0.25, -0.2) is 0 Å². The molecule has 2 aliphatic rings. The van der Waals surface area contributed by atoms with Gasteiger partial charge < -0.3 is 0 Å². The zero-order chi connectivity index (χ0) is 20.2. The molecule has 0 heterocycles. The standard InChI is InChI=1S/C27H52/c1-9-21(18-24-25(22(10-2)11-3)27(24,8)12-4)19-26(6,7)23-17-15-13-14-16-20(23)5/h20-25H,9-19H2,1-8H3. The third-order valence-electron chi connectivity index (χ3n) is 9.60. The largest absolute Gasteiger partial charge is 0.0651 e. The Morgan fingerprint density at radius 1 is 0.926 bits per heavy atom. The van der Waals surface area contributed by atoms with Crippen molar-refractivity contribution in [3.8, 4) is 0 Å². The maximum absolute atomic E-state index is 2.62. The summed E-state index contributed by atoms with van der Waals surface area (Å²) in [7, 11) is 0. The molecular formula is C27H52. The molecular weight excluding hydrogens is 324 g/mol. The lowest BCUT2D eigenvalue weighted by molar-refractivity contribution is 0.0977. The molecule has 0 aromatic heterocycles. The van der Waals surface area contributed by atoms with E-state index in [0.29, 0.717) is 10.8 Å². The van der Waals surface area contributed by atoms with Gasteiger partial charge in [0.05, 0.1) is 0 Å². The van der Waals surface area contributed by atoms with Gasteiger partial charge in [0, 0.05) is 0 Å². The first kappa shape index (κ1) is 23.3. The predicted octanol–water partition coefficient (Wildman–Crippen LogP) is 9.13. The van der Waals surface area contributed by atoms with Gasteiger partial charge >= 0.3 is 0 Å². The SMILES string of the molecule is CCC(CC1C(C(CC)CC)C1(C)CC)CC(C)(C)C1CCCCCC1C. The summed E-state index contributed by atoms with van der Waals surface area (Å²) in [6, 6.07) is 0. The quantitative estimate of drug-likeness (QED) is 0.333. The molecule has 0 saturated heterocycles. The lowest BCUT2D eigenvalue weighted by Gasteiger charge is -2.40. The van der Waals surface area contributed by atoms with Crippen LogP contribution in [0.1, 0.15) is 126 Å². The lowest BCUT2D eigenvalue weighted by atomic mass is 9.65. The third-order valence-corrected chi connectivity index (χ3v) is 9.60. The Morgan fingerprint density at radius 2 is 1.56 bits per heavy atom. The highest BCUT2D eigenvalue weighted by Crippen LogP contribution is 2.67. The van der Waals surface area contributed by atoms with Crippen LogP contribution in [0.5, 0.6) is 0 Å². The molecule has 160 valence electrons. The minimum absolute atomic E-state index is 0.520. The van der Waals surface area contributed by atoms with E-state index in [9.17, 15) is 0 Å². The van der Waals surface area contributed by atoms with Crippen LogP contribution in [0.2, 0.25) is 0 Å². The van der Waals surface area contributed by atoms with E-state index in [1.807, 2.05) is 0 Å². The Labute approximate surface area is 172 Å². The number of hydrogen-bond acceptors (Lipinski definition) is 0. The lowest BCUT2D eigenvalue weighted by Crippen LogP contribution is -2.31. The van der Waals surface area contributed by atoms with E-state index < -0.39 is 0 Å². The summed E-state index contributed by atoms with van der Waals surface area (Å²) in [5.41, 5.74) is 1.16. The topological polar surface area (TPSA) is 0 Å². The molecule has 2 aliphatic carbocycles. The van der Waals surface area contributed by atoms with Crippen LogP contribution < -0.4 is 0 Å².